The van der Waals surface area contributed by atoms with Crippen molar-refractivity contribution in [2.24, 2.45) is 5.92 Å². The molecule has 5 nitrogen and oxygen atoms in total. The molecule has 2 aromatic carbocycles. The lowest BCUT2D eigenvalue weighted by Gasteiger charge is -2.44. The van der Waals surface area contributed by atoms with Gasteiger partial charge in [0.15, 0.2) is 5.16 Å². The SMILES string of the molecule is Cc1ccc(-n2c(SCC(=O)N3CCCC4CCCCC43)nc3ccccc3c2=O)cc1. The maximum Gasteiger partial charge on any atom is 0.266 e. The zero-order valence-corrected chi connectivity index (χ0v) is 19.3. The van der Waals surface area contributed by atoms with Crippen LogP contribution < -0.4 is 5.56 Å². The fourth-order valence-corrected chi connectivity index (χ4v) is 6.17. The summed E-state index contributed by atoms with van der Waals surface area (Å²) in [5.41, 5.74) is 2.48. The lowest BCUT2D eigenvalue weighted by atomic mass is 9.78. The molecule has 0 bridgehead atoms. The molecule has 1 aromatic heterocycles. The molecule has 32 heavy (non-hydrogen) atoms. The third-order valence-corrected chi connectivity index (χ3v) is 7.85. The van der Waals surface area contributed by atoms with Crippen molar-refractivity contribution < 1.29 is 4.79 Å². The Hall–Kier alpha value is -2.60. The summed E-state index contributed by atoms with van der Waals surface area (Å²) in [5.74, 6) is 1.14. The first-order chi connectivity index (χ1) is 15.6. The summed E-state index contributed by atoms with van der Waals surface area (Å²) in [6, 6.07) is 15.7. The highest BCUT2D eigenvalue weighted by molar-refractivity contribution is 7.99. The second-order valence-electron chi connectivity index (χ2n) is 9.02. The zero-order valence-electron chi connectivity index (χ0n) is 18.5. The van der Waals surface area contributed by atoms with Gasteiger partial charge in [0.2, 0.25) is 5.91 Å². The van der Waals surface area contributed by atoms with Gasteiger partial charge in [-0.2, -0.15) is 0 Å². The third-order valence-electron chi connectivity index (χ3n) is 6.93. The summed E-state index contributed by atoms with van der Waals surface area (Å²) in [6.07, 6.45) is 7.24. The van der Waals surface area contributed by atoms with Crippen LogP contribution in [-0.2, 0) is 4.79 Å². The number of amides is 1. The summed E-state index contributed by atoms with van der Waals surface area (Å²) < 4.78 is 1.65. The average Bonchev–Trinajstić information content (AvgIpc) is 2.83. The van der Waals surface area contributed by atoms with E-state index in [1.807, 2.05) is 55.5 Å². The molecule has 0 N–H and O–H groups in total. The summed E-state index contributed by atoms with van der Waals surface area (Å²) in [6.45, 7) is 2.88. The number of hydrogen-bond acceptors (Lipinski definition) is 4. The third kappa shape index (κ3) is 4.08. The largest absolute Gasteiger partial charge is 0.339 e. The van der Waals surface area contributed by atoms with Gasteiger partial charge >= 0.3 is 0 Å². The Morgan fingerprint density at radius 3 is 2.62 bits per heavy atom. The van der Waals surface area contributed by atoms with Crippen LogP contribution in [0, 0.1) is 12.8 Å². The predicted octanol–water partition coefficient (Wildman–Crippen LogP) is 4.97. The molecule has 1 amide bonds. The first-order valence-corrected chi connectivity index (χ1v) is 12.6. The van der Waals surface area contributed by atoms with Crippen molar-refractivity contribution in [3.8, 4) is 5.69 Å². The highest BCUT2D eigenvalue weighted by atomic mass is 32.2. The van der Waals surface area contributed by atoms with E-state index in [1.165, 1.54) is 37.4 Å². The second kappa shape index (κ2) is 9.10. The molecule has 0 radical (unpaired) electrons. The zero-order chi connectivity index (χ0) is 22.1. The van der Waals surface area contributed by atoms with Crippen LogP contribution in [0.4, 0.5) is 0 Å². The maximum absolute atomic E-state index is 13.4. The topological polar surface area (TPSA) is 55.2 Å². The fourth-order valence-electron chi connectivity index (χ4n) is 5.27. The van der Waals surface area contributed by atoms with Crippen molar-refractivity contribution >= 4 is 28.6 Å². The first-order valence-electron chi connectivity index (χ1n) is 11.6. The minimum Gasteiger partial charge on any atom is -0.339 e. The van der Waals surface area contributed by atoms with Crippen LogP contribution in [0.5, 0.6) is 0 Å². The molecular weight excluding hydrogens is 418 g/mol. The smallest absolute Gasteiger partial charge is 0.266 e. The Bertz CT molecular complexity index is 1190. The number of benzene rings is 2. The van der Waals surface area contributed by atoms with Crippen LogP contribution >= 0.6 is 11.8 Å². The molecule has 1 saturated heterocycles. The maximum atomic E-state index is 13.4. The van der Waals surface area contributed by atoms with Gasteiger partial charge in [0.1, 0.15) is 0 Å². The standard InChI is InChI=1S/C26H29N3O2S/c1-18-12-14-20(15-13-18)29-25(31)21-9-3-4-10-22(21)27-26(29)32-17-24(30)28-16-6-8-19-7-2-5-11-23(19)28/h3-4,9-10,12-15,19,23H,2,5-8,11,16-17H2,1H3. The predicted molar refractivity (Wildman–Crippen MR) is 129 cm³/mol. The van der Waals surface area contributed by atoms with E-state index in [9.17, 15) is 9.59 Å². The van der Waals surface area contributed by atoms with Crippen LogP contribution in [0.25, 0.3) is 16.6 Å². The Labute approximate surface area is 192 Å². The molecule has 166 valence electrons. The molecule has 2 fully saturated rings. The van der Waals surface area contributed by atoms with Gasteiger partial charge in [-0.25, -0.2) is 4.98 Å². The minimum atomic E-state index is -0.0975. The van der Waals surface area contributed by atoms with E-state index in [0.717, 1.165) is 30.6 Å². The number of aromatic nitrogens is 2. The number of nitrogens with zero attached hydrogens (tertiary/aromatic N) is 3. The monoisotopic (exact) mass is 447 g/mol. The molecule has 2 atom stereocenters. The van der Waals surface area contributed by atoms with Crippen LogP contribution in [-0.4, -0.2) is 38.7 Å². The van der Waals surface area contributed by atoms with E-state index in [1.54, 1.807) is 4.57 Å². The van der Waals surface area contributed by atoms with Crippen molar-refractivity contribution in [3.05, 3.63) is 64.4 Å². The van der Waals surface area contributed by atoms with Crippen molar-refractivity contribution in [1.29, 1.82) is 0 Å². The van der Waals surface area contributed by atoms with E-state index in [4.69, 9.17) is 4.98 Å². The molecule has 2 unspecified atom stereocenters. The highest BCUT2D eigenvalue weighted by Gasteiger charge is 2.35. The van der Waals surface area contributed by atoms with Gasteiger partial charge in [0, 0.05) is 12.6 Å². The summed E-state index contributed by atoms with van der Waals surface area (Å²) in [5, 5.41) is 1.16. The lowest BCUT2D eigenvalue weighted by molar-refractivity contribution is -0.134. The Morgan fingerprint density at radius 1 is 1.03 bits per heavy atom. The van der Waals surface area contributed by atoms with E-state index >= 15 is 0 Å². The van der Waals surface area contributed by atoms with Gasteiger partial charge in [-0.1, -0.05) is 54.4 Å². The molecule has 5 rings (SSSR count). The molecular formula is C26H29N3O2S. The molecule has 2 aliphatic rings. The number of fused-ring (bicyclic) bond motifs is 2. The average molecular weight is 448 g/mol. The number of carbonyl (C=O) groups excluding carboxylic acids is 1. The lowest BCUT2D eigenvalue weighted by Crippen LogP contribution is -2.50. The molecule has 1 aliphatic carbocycles. The van der Waals surface area contributed by atoms with Gasteiger partial charge < -0.3 is 4.90 Å². The van der Waals surface area contributed by atoms with E-state index < -0.39 is 0 Å². The first kappa shape index (κ1) is 21.3. The van der Waals surface area contributed by atoms with Crippen molar-refractivity contribution in [2.45, 2.75) is 56.6 Å². The van der Waals surface area contributed by atoms with Gasteiger partial charge in [-0.3, -0.25) is 14.2 Å². The van der Waals surface area contributed by atoms with Gasteiger partial charge in [0.05, 0.1) is 22.3 Å². The molecule has 2 heterocycles. The Kier molecular flexibility index (Phi) is 6.05. The van der Waals surface area contributed by atoms with Crippen LogP contribution in [0.1, 0.15) is 44.1 Å². The highest BCUT2D eigenvalue weighted by Crippen LogP contribution is 2.35. The van der Waals surface area contributed by atoms with Gasteiger partial charge in [0.25, 0.3) is 5.56 Å². The molecule has 0 spiro atoms. The molecule has 1 saturated carbocycles. The van der Waals surface area contributed by atoms with Gasteiger partial charge in [-0.15, -0.1) is 0 Å². The number of rotatable bonds is 4. The fraction of sp³-hybridized carbons (Fsp3) is 0.423. The molecule has 1 aliphatic heterocycles. The summed E-state index contributed by atoms with van der Waals surface area (Å²) in [7, 11) is 0. The van der Waals surface area contributed by atoms with E-state index in [-0.39, 0.29) is 11.5 Å². The summed E-state index contributed by atoms with van der Waals surface area (Å²) >= 11 is 1.38. The van der Waals surface area contributed by atoms with Crippen molar-refractivity contribution in [2.75, 3.05) is 12.3 Å². The van der Waals surface area contributed by atoms with Gasteiger partial charge in [-0.05, 0) is 62.8 Å². The number of hydrogen-bond donors (Lipinski definition) is 0. The van der Waals surface area contributed by atoms with Crippen LogP contribution in [0.2, 0.25) is 0 Å². The summed E-state index contributed by atoms with van der Waals surface area (Å²) in [4.78, 5) is 33.5. The van der Waals surface area contributed by atoms with E-state index in [2.05, 4.69) is 4.90 Å². The Morgan fingerprint density at radius 2 is 1.78 bits per heavy atom. The normalized spacial score (nSPS) is 20.8. The number of para-hydroxylation sites is 1. The number of likely N-dealkylation sites (tertiary alicyclic amines) is 1. The second-order valence-corrected chi connectivity index (χ2v) is 9.96. The van der Waals surface area contributed by atoms with Crippen molar-refractivity contribution in [1.82, 2.24) is 14.5 Å². The van der Waals surface area contributed by atoms with E-state index in [0.29, 0.717) is 33.8 Å². The number of thioether (sulfide) groups is 1. The van der Waals surface area contributed by atoms with Crippen LogP contribution in [0.3, 0.4) is 0 Å². The number of piperidine rings is 1. The number of carbonyl (C=O) groups is 1. The van der Waals surface area contributed by atoms with Crippen LogP contribution in [0.15, 0.2) is 58.5 Å². The Balaban J connectivity index is 1.45. The van der Waals surface area contributed by atoms with Crippen molar-refractivity contribution in [3.63, 3.8) is 0 Å². The molecule has 6 heteroatoms. The quantitative estimate of drug-likeness (QED) is 0.419. The molecule has 3 aromatic rings. The minimum absolute atomic E-state index is 0.0975. The number of aryl methyl sites for hydroxylation is 1.